The highest BCUT2D eigenvalue weighted by Crippen LogP contribution is 2.45. The van der Waals surface area contributed by atoms with Gasteiger partial charge in [-0.2, -0.15) is 0 Å². The van der Waals surface area contributed by atoms with E-state index < -0.39 is 0 Å². The van der Waals surface area contributed by atoms with E-state index in [1.165, 1.54) is 41.3 Å². The van der Waals surface area contributed by atoms with Gasteiger partial charge in [0.1, 0.15) is 0 Å². The normalized spacial score (nSPS) is 21.3. The Bertz CT molecular complexity index is 922. The molecule has 1 aromatic heterocycles. The molecule has 0 fully saturated rings. The van der Waals surface area contributed by atoms with E-state index in [0.29, 0.717) is 12.1 Å². The Balaban J connectivity index is 1.63. The SMILES string of the molecule is Cc1ccc2c(c1)c1c3n2CCN(C(C)c2ccccc2)[C@@H]3CCC1. The van der Waals surface area contributed by atoms with Crippen LogP contribution in [0.15, 0.2) is 48.5 Å². The van der Waals surface area contributed by atoms with Crippen molar-refractivity contribution in [2.75, 3.05) is 6.54 Å². The van der Waals surface area contributed by atoms with Crippen LogP contribution in [-0.2, 0) is 13.0 Å². The first-order valence-electron chi connectivity index (χ1n) is 9.66. The minimum Gasteiger partial charge on any atom is -0.342 e. The molecular weight excluding hydrogens is 304 g/mol. The Morgan fingerprint density at radius 1 is 1.04 bits per heavy atom. The summed E-state index contributed by atoms with van der Waals surface area (Å²) in [5.74, 6) is 0. The second-order valence-electron chi connectivity index (χ2n) is 7.77. The van der Waals surface area contributed by atoms with Crippen LogP contribution in [-0.4, -0.2) is 16.0 Å². The van der Waals surface area contributed by atoms with Gasteiger partial charge in [0.2, 0.25) is 0 Å². The van der Waals surface area contributed by atoms with Crippen LogP contribution < -0.4 is 0 Å². The van der Waals surface area contributed by atoms with Crippen LogP contribution in [0.3, 0.4) is 0 Å². The number of fused-ring (bicyclic) bond motifs is 3. The fraction of sp³-hybridized carbons (Fsp3) is 0.391. The summed E-state index contributed by atoms with van der Waals surface area (Å²) in [6, 6.07) is 19.1. The van der Waals surface area contributed by atoms with Crippen LogP contribution in [0.4, 0.5) is 0 Å². The van der Waals surface area contributed by atoms with Gasteiger partial charge in [-0.15, -0.1) is 0 Å². The molecule has 0 spiro atoms. The minimum atomic E-state index is 0.477. The van der Waals surface area contributed by atoms with E-state index in [0.717, 1.165) is 13.1 Å². The molecule has 2 heteroatoms. The summed E-state index contributed by atoms with van der Waals surface area (Å²) in [5.41, 5.74) is 7.51. The van der Waals surface area contributed by atoms with Gasteiger partial charge in [-0.05, 0) is 56.4 Å². The van der Waals surface area contributed by atoms with Gasteiger partial charge in [0.25, 0.3) is 0 Å². The van der Waals surface area contributed by atoms with Gasteiger partial charge in [-0.25, -0.2) is 0 Å². The standard InChI is InChI=1S/C23H26N2/c1-16-11-12-21-20(15-16)19-9-6-10-22-23(19)25(21)14-13-24(22)17(2)18-7-4-3-5-8-18/h3-5,7-8,11-12,15,17,22H,6,9-10,13-14H2,1-2H3/t17?,22-/m1/s1. The Kier molecular flexibility index (Phi) is 3.49. The molecule has 0 saturated heterocycles. The van der Waals surface area contributed by atoms with Crippen molar-refractivity contribution in [3.8, 4) is 0 Å². The van der Waals surface area contributed by atoms with Crippen molar-refractivity contribution in [1.29, 1.82) is 0 Å². The van der Waals surface area contributed by atoms with Crippen LogP contribution in [0, 0.1) is 6.92 Å². The van der Waals surface area contributed by atoms with Gasteiger partial charge >= 0.3 is 0 Å². The summed E-state index contributed by atoms with van der Waals surface area (Å²) >= 11 is 0. The Morgan fingerprint density at radius 2 is 1.88 bits per heavy atom. The van der Waals surface area contributed by atoms with Crippen LogP contribution in [0.5, 0.6) is 0 Å². The zero-order valence-corrected chi connectivity index (χ0v) is 15.2. The van der Waals surface area contributed by atoms with Gasteiger partial charge in [0, 0.05) is 35.7 Å². The Hall–Kier alpha value is -2.06. The molecule has 25 heavy (non-hydrogen) atoms. The third-order valence-electron chi connectivity index (χ3n) is 6.35. The number of rotatable bonds is 2. The van der Waals surface area contributed by atoms with Crippen molar-refractivity contribution in [2.45, 2.75) is 51.7 Å². The third kappa shape index (κ3) is 2.27. The van der Waals surface area contributed by atoms with Crippen LogP contribution in [0.25, 0.3) is 10.9 Å². The maximum Gasteiger partial charge on any atom is 0.0510 e. The van der Waals surface area contributed by atoms with Crippen molar-refractivity contribution in [2.24, 2.45) is 0 Å². The van der Waals surface area contributed by atoms with E-state index in [1.54, 1.807) is 11.3 Å². The molecule has 0 N–H and O–H groups in total. The van der Waals surface area contributed by atoms with Gasteiger partial charge in [0.15, 0.2) is 0 Å². The van der Waals surface area contributed by atoms with Gasteiger partial charge in [-0.3, -0.25) is 4.90 Å². The molecule has 2 heterocycles. The summed E-state index contributed by atoms with van der Waals surface area (Å²) in [6.45, 7) is 6.85. The summed E-state index contributed by atoms with van der Waals surface area (Å²) in [7, 11) is 0. The molecule has 1 unspecified atom stereocenters. The van der Waals surface area contributed by atoms with Gasteiger partial charge in [-0.1, -0.05) is 42.0 Å². The van der Waals surface area contributed by atoms with E-state index in [2.05, 4.69) is 71.8 Å². The maximum atomic E-state index is 2.75. The van der Waals surface area contributed by atoms with Gasteiger partial charge in [0.05, 0.1) is 6.04 Å². The smallest absolute Gasteiger partial charge is 0.0510 e. The Morgan fingerprint density at radius 3 is 2.72 bits per heavy atom. The topological polar surface area (TPSA) is 8.17 Å². The van der Waals surface area contributed by atoms with E-state index in [-0.39, 0.29) is 0 Å². The molecule has 2 aliphatic rings. The van der Waals surface area contributed by atoms with E-state index in [1.807, 2.05) is 0 Å². The lowest BCUT2D eigenvalue weighted by atomic mass is 9.88. The second-order valence-corrected chi connectivity index (χ2v) is 7.77. The molecule has 3 aromatic rings. The molecule has 0 radical (unpaired) electrons. The quantitative estimate of drug-likeness (QED) is 0.610. The highest BCUT2D eigenvalue weighted by molar-refractivity contribution is 5.87. The number of benzene rings is 2. The fourth-order valence-corrected chi connectivity index (χ4v) is 5.13. The Labute approximate surface area is 150 Å². The monoisotopic (exact) mass is 330 g/mol. The second kappa shape index (κ2) is 5.74. The van der Waals surface area contributed by atoms with Crippen LogP contribution in [0.2, 0.25) is 0 Å². The molecule has 0 bridgehead atoms. The number of hydrogen-bond donors (Lipinski definition) is 0. The van der Waals surface area contributed by atoms with E-state index >= 15 is 0 Å². The first-order chi connectivity index (χ1) is 12.2. The zero-order valence-electron chi connectivity index (χ0n) is 15.2. The van der Waals surface area contributed by atoms with Crippen molar-refractivity contribution in [1.82, 2.24) is 9.47 Å². The predicted octanol–water partition coefficient (Wildman–Crippen LogP) is 5.40. The largest absolute Gasteiger partial charge is 0.342 e. The molecule has 2 nitrogen and oxygen atoms in total. The highest BCUT2D eigenvalue weighted by atomic mass is 15.3. The summed E-state index contributed by atoms with van der Waals surface area (Å²) in [4.78, 5) is 2.75. The van der Waals surface area contributed by atoms with E-state index in [9.17, 15) is 0 Å². The lowest BCUT2D eigenvalue weighted by Crippen LogP contribution is -2.41. The number of hydrogen-bond acceptors (Lipinski definition) is 1. The summed E-state index contributed by atoms with van der Waals surface area (Å²) in [6.07, 6.45) is 3.84. The summed E-state index contributed by atoms with van der Waals surface area (Å²) in [5, 5.41) is 1.51. The molecule has 5 rings (SSSR count). The highest BCUT2D eigenvalue weighted by Gasteiger charge is 2.36. The lowest BCUT2D eigenvalue weighted by Gasteiger charge is -2.43. The average molecular weight is 330 g/mol. The molecule has 2 atom stereocenters. The number of nitrogens with zero attached hydrogens (tertiary/aromatic N) is 2. The number of aryl methyl sites for hydroxylation is 2. The van der Waals surface area contributed by atoms with Crippen molar-refractivity contribution < 1.29 is 0 Å². The molecule has 0 saturated carbocycles. The molecule has 128 valence electrons. The van der Waals surface area contributed by atoms with Crippen LogP contribution in [0.1, 0.15) is 54.2 Å². The molecule has 2 aromatic carbocycles. The molecule has 0 amide bonds. The van der Waals surface area contributed by atoms with Gasteiger partial charge < -0.3 is 4.57 Å². The first-order valence-corrected chi connectivity index (χ1v) is 9.66. The first kappa shape index (κ1) is 15.2. The number of aromatic nitrogens is 1. The fourth-order valence-electron chi connectivity index (χ4n) is 5.13. The van der Waals surface area contributed by atoms with E-state index in [4.69, 9.17) is 0 Å². The average Bonchev–Trinajstić information content (AvgIpc) is 2.97. The zero-order chi connectivity index (χ0) is 17.0. The van der Waals surface area contributed by atoms with Crippen LogP contribution >= 0.6 is 0 Å². The summed E-state index contributed by atoms with van der Waals surface area (Å²) < 4.78 is 2.63. The van der Waals surface area contributed by atoms with Crippen molar-refractivity contribution in [3.05, 3.63) is 70.9 Å². The maximum absolute atomic E-state index is 2.75. The minimum absolute atomic E-state index is 0.477. The third-order valence-corrected chi connectivity index (χ3v) is 6.35. The molecule has 1 aliphatic heterocycles. The van der Waals surface area contributed by atoms with Crippen molar-refractivity contribution in [3.63, 3.8) is 0 Å². The lowest BCUT2D eigenvalue weighted by molar-refractivity contribution is 0.0973. The predicted molar refractivity (Wildman–Crippen MR) is 104 cm³/mol. The van der Waals surface area contributed by atoms with Crippen molar-refractivity contribution >= 4 is 10.9 Å². The molecular formula is C23H26N2. The molecule has 1 aliphatic carbocycles.